The van der Waals surface area contributed by atoms with Crippen molar-refractivity contribution in [2.75, 3.05) is 7.11 Å². The number of aromatic nitrogens is 1. The van der Waals surface area contributed by atoms with Crippen molar-refractivity contribution in [3.8, 4) is 5.75 Å². The lowest BCUT2D eigenvalue weighted by Crippen LogP contribution is -2.13. The molecule has 0 bridgehead atoms. The molecule has 3 aromatic rings. The highest BCUT2D eigenvalue weighted by molar-refractivity contribution is 6.04. The van der Waals surface area contributed by atoms with Crippen molar-refractivity contribution in [1.29, 1.82) is 0 Å². The number of hydrogen-bond acceptors (Lipinski definition) is 2. The monoisotopic (exact) mass is 293 g/mol. The van der Waals surface area contributed by atoms with Crippen LogP contribution in [0.4, 0.5) is 0 Å². The maximum Gasteiger partial charge on any atom is 0.262 e. The summed E-state index contributed by atoms with van der Waals surface area (Å²) in [5.74, 6) is 0.802. The minimum atomic E-state index is 0.000710. The normalized spacial score (nSPS) is 10.9. The summed E-state index contributed by atoms with van der Waals surface area (Å²) in [7, 11) is 1.65. The molecule has 22 heavy (non-hydrogen) atoms. The Balaban J connectivity index is 2.20. The van der Waals surface area contributed by atoms with Gasteiger partial charge in [0.1, 0.15) is 5.75 Å². The number of fused-ring (bicyclic) bond motifs is 1. The summed E-state index contributed by atoms with van der Waals surface area (Å²) >= 11 is 0. The second-order valence-electron chi connectivity index (χ2n) is 5.60. The van der Waals surface area contributed by atoms with Crippen molar-refractivity contribution in [2.24, 2.45) is 0 Å². The fraction of sp³-hybridized carbons (Fsp3) is 0.211. The SMILES string of the molecule is COc1ccc2c(c1)c(C)c(C)n2C(=O)c1ccc(C)cc1. The van der Waals surface area contributed by atoms with E-state index in [0.717, 1.165) is 33.5 Å². The van der Waals surface area contributed by atoms with Crippen LogP contribution in [0.15, 0.2) is 42.5 Å². The Hall–Kier alpha value is -2.55. The summed E-state index contributed by atoms with van der Waals surface area (Å²) in [4.78, 5) is 12.9. The fourth-order valence-corrected chi connectivity index (χ4v) is 2.77. The molecule has 0 N–H and O–H groups in total. The van der Waals surface area contributed by atoms with E-state index in [2.05, 4.69) is 0 Å². The summed E-state index contributed by atoms with van der Waals surface area (Å²) in [6.07, 6.45) is 0. The quantitative estimate of drug-likeness (QED) is 0.706. The molecule has 0 radical (unpaired) electrons. The van der Waals surface area contributed by atoms with E-state index in [0.29, 0.717) is 5.56 Å². The largest absolute Gasteiger partial charge is 0.497 e. The van der Waals surface area contributed by atoms with Gasteiger partial charge in [0.15, 0.2) is 0 Å². The van der Waals surface area contributed by atoms with Crippen molar-refractivity contribution in [1.82, 2.24) is 4.57 Å². The third-order valence-corrected chi connectivity index (χ3v) is 4.23. The van der Waals surface area contributed by atoms with Crippen LogP contribution < -0.4 is 4.74 Å². The molecule has 0 atom stereocenters. The van der Waals surface area contributed by atoms with Gasteiger partial charge in [-0.2, -0.15) is 0 Å². The van der Waals surface area contributed by atoms with Gasteiger partial charge in [-0.25, -0.2) is 0 Å². The molecule has 3 heteroatoms. The average molecular weight is 293 g/mol. The van der Waals surface area contributed by atoms with Crippen LogP contribution in [0.2, 0.25) is 0 Å². The van der Waals surface area contributed by atoms with Crippen molar-refractivity contribution in [2.45, 2.75) is 20.8 Å². The van der Waals surface area contributed by atoms with Crippen molar-refractivity contribution >= 4 is 16.8 Å². The van der Waals surface area contributed by atoms with Gasteiger partial charge in [-0.15, -0.1) is 0 Å². The molecule has 0 spiro atoms. The molecule has 0 saturated heterocycles. The molecule has 0 aliphatic heterocycles. The van der Waals surface area contributed by atoms with E-state index in [1.807, 2.05) is 63.2 Å². The summed E-state index contributed by atoms with van der Waals surface area (Å²) < 4.78 is 7.08. The van der Waals surface area contributed by atoms with Gasteiger partial charge in [-0.05, 0) is 56.7 Å². The Bertz CT molecular complexity index is 857. The number of nitrogens with zero attached hydrogens (tertiary/aromatic N) is 1. The highest BCUT2D eigenvalue weighted by Gasteiger charge is 2.18. The van der Waals surface area contributed by atoms with E-state index in [1.165, 1.54) is 0 Å². The molecule has 0 unspecified atom stereocenters. The predicted molar refractivity (Wildman–Crippen MR) is 88.9 cm³/mol. The lowest BCUT2D eigenvalue weighted by molar-refractivity contribution is 0.0963. The van der Waals surface area contributed by atoms with Gasteiger partial charge in [0.05, 0.1) is 12.6 Å². The van der Waals surface area contributed by atoms with Crippen LogP contribution in [-0.4, -0.2) is 17.6 Å². The first-order valence-electron chi connectivity index (χ1n) is 7.30. The molecule has 0 aliphatic rings. The summed E-state index contributed by atoms with van der Waals surface area (Å²) in [5.41, 5.74) is 4.83. The highest BCUT2D eigenvalue weighted by Crippen LogP contribution is 2.29. The first kappa shape index (κ1) is 14.4. The van der Waals surface area contributed by atoms with Crippen LogP contribution in [0, 0.1) is 20.8 Å². The molecular weight excluding hydrogens is 274 g/mol. The zero-order valence-corrected chi connectivity index (χ0v) is 13.3. The number of rotatable bonds is 2. The number of methoxy groups -OCH3 is 1. The van der Waals surface area contributed by atoms with Crippen molar-refractivity contribution < 1.29 is 9.53 Å². The number of hydrogen-bond donors (Lipinski definition) is 0. The summed E-state index contributed by atoms with van der Waals surface area (Å²) in [6, 6.07) is 13.5. The molecule has 1 heterocycles. The van der Waals surface area contributed by atoms with Crippen LogP contribution in [-0.2, 0) is 0 Å². The molecule has 2 aromatic carbocycles. The van der Waals surface area contributed by atoms with Gasteiger partial charge in [0, 0.05) is 16.6 Å². The summed E-state index contributed by atoms with van der Waals surface area (Å²) in [5, 5.41) is 1.05. The standard InChI is InChI=1S/C19H19NO2/c1-12-5-7-15(8-6-12)19(21)20-14(3)13(2)17-11-16(22-4)9-10-18(17)20/h5-11H,1-4H3. The van der Waals surface area contributed by atoms with Gasteiger partial charge < -0.3 is 4.74 Å². The number of benzene rings is 2. The Morgan fingerprint density at radius 1 is 1.00 bits per heavy atom. The molecule has 3 nitrogen and oxygen atoms in total. The molecule has 0 aliphatic carbocycles. The zero-order valence-electron chi connectivity index (χ0n) is 13.3. The van der Waals surface area contributed by atoms with Crippen molar-refractivity contribution in [3.05, 3.63) is 64.8 Å². The molecule has 0 saturated carbocycles. The second kappa shape index (κ2) is 5.34. The maximum absolute atomic E-state index is 12.9. The number of ether oxygens (including phenoxy) is 1. The number of carbonyl (C=O) groups is 1. The fourth-order valence-electron chi connectivity index (χ4n) is 2.77. The van der Waals surface area contributed by atoms with E-state index < -0.39 is 0 Å². The molecule has 1 aromatic heterocycles. The van der Waals surface area contributed by atoms with Crippen LogP contribution >= 0.6 is 0 Å². The Morgan fingerprint density at radius 2 is 1.68 bits per heavy atom. The lowest BCUT2D eigenvalue weighted by Gasteiger charge is -2.08. The Morgan fingerprint density at radius 3 is 2.32 bits per heavy atom. The zero-order chi connectivity index (χ0) is 15.9. The first-order valence-corrected chi connectivity index (χ1v) is 7.30. The molecule has 3 rings (SSSR count). The van der Waals surface area contributed by atoms with Gasteiger partial charge in [-0.3, -0.25) is 9.36 Å². The van der Waals surface area contributed by atoms with E-state index in [4.69, 9.17) is 4.74 Å². The van der Waals surface area contributed by atoms with Gasteiger partial charge in [-0.1, -0.05) is 17.7 Å². The minimum Gasteiger partial charge on any atom is -0.497 e. The molecular formula is C19H19NO2. The number of aryl methyl sites for hydroxylation is 2. The average Bonchev–Trinajstić information content (AvgIpc) is 2.78. The Kier molecular flexibility index (Phi) is 3.49. The predicted octanol–water partition coefficient (Wildman–Crippen LogP) is 4.26. The molecule has 0 amide bonds. The Labute approximate surface area is 130 Å². The van der Waals surface area contributed by atoms with Crippen LogP contribution in [0.1, 0.15) is 27.2 Å². The minimum absolute atomic E-state index is 0.000710. The first-order chi connectivity index (χ1) is 10.5. The van der Waals surface area contributed by atoms with E-state index in [-0.39, 0.29) is 5.91 Å². The van der Waals surface area contributed by atoms with E-state index >= 15 is 0 Å². The van der Waals surface area contributed by atoms with Crippen LogP contribution in [0.25, 0.3) is 10.9 Å². The van der Waals surface area contributed by atoms with Gasteiger partial charge in [0.25, 0.3) is 5.91 Å². The lowest BCUT2D eigenvalue weighted by atomic mass is 10.1. The molecule has 112 valence electrons. The second-order valence-corrected chi connectivity index (χ2v) is 5.60. The van der Waals surface area contributed by atoms with Crippen molar-refractivity contribution in [3.63, 3.8) is 0 Å². The van der Waals surface area contributed by atoms with E-state index in [1.54, 1.807) is 11.7 Å². The van der Waals surface area contributed by atoms with Crippen LogP contribution in [0.5, 0.6) is 5.75 Å². The smallest absolute Gasteiger partial charge is 0.262 e. The topological polar surface area (TPSA) is 31.2 Å². The third kappa shape index (κ3) is 2.19. The highest BCUT2D eigenvalue weighted by atomic mass is 16.5. The van der Waals surface area contributed by atoms with Gasteiger partial charge >= 0.3 is 0 Å². The van der Waals surface area contributed by atoms with E-state index in [9.17, 15) is 4.79 Å². The third-order valence-electron chi connectivity index (χ3n) is 4.23. The number of carbonyl (C=O) groups excluding carboxylic acids is 1. The van der Waals surface area contributed by atoms with Gasteiger partial charge in [0.2, 0.25) is 0 Å². The summed E-state index contributed by atoms with van der Waals surface area (Å²) in [6.45, 7) is 6.03. The maximum atomic E-state index is 12.9. The molecule has 0 fully saturated rings. The van der Waals surface area contributed by atoms with Crippen LogP contribution in [0.3, 0.4) is 0 Å².